The molecule has 0 saturated carbocycles. The third-order valence-electron chi connectivity index (χ3n) is 3.85. The van der Waals surface area contributed by atoms with Gasteiger partial charge in [-0.1, -0.05) is 86.6 Å². The van der Waals surface area contributed by atoms with E-state index in [9.17, 15) is 0 Å². The smallest absolute Gasteiger partial charge is 0.0146 e. The Kier molecular flexibility index (Phi) is 4.39. The molecule has 0 heterocycles. The minimum absolute atomic E-state index is 1.03. The molecule has 0 atom stereocenters. The molecule has 0 aliphatic carbocycles. The fourth-order valence-corrected chi connectivity index (χ4v) is 2.81. The van der Waals surface area contributed by atoms with Crippen molar-refractivity contribution in [2.75, 3.05) is 0 Å². The molecule has 0 spiro atoms. The minimum Gasteiger partial charge on any atom is -0.0622 e. The van der Waals surface area contributed by atoms with Crippen LogP contribution >= 0.6 is 0 Å². The molecule has 0 aliphatic rings. The van der Waals surface area contributed by atoms with E-state index < -0.39 is 0 Å². The first kappa shape index (κ1) is 14.6. The second-order valence-corrected chi connectivity index (χ2v) is 5.99. The number of benzene rings is 3. The number of hydrogen-bond acceptors (Lipinski definition) is 0. The van der Waals surface area contributed by atoms with Gasteiger partial charge in [-0.05, 0) is 46.2 Å². The van der Waals surface area contributed by atoms with Crippen molar-refractivity contribution < 1.29 is 0 Å². The average molecular weight is 285 g/mol. The third kappa shape index (κ3) is 3.28. The van der Waals surface area contributed by atoms with Crippen molar-refractivity contribution in [2.24, 2.45) is 0 Å². The van der Waals surface area contributed by atoms with Crippen LogP contribution in [0.5, 0.6) is 0 Å². The quantitative estimate of drug-likeness (QED) is 0.537. The fourth-order valence-electron chi connectivity index (χ4n) is 2.81. The van der Waals surface area contributed by atoms with E-state index >= 15 is 0 Å². The Morgan fingerprint density at radius 1 is 0.636 bits per heavy atom. The Balaban J connectivity index is 2.10. The van der Waals surface area contributed by atoms with Crippen LogP contribution in [0, 0.1) is 5.92 Å². The molecule has 0 aliphatic heterocycles. The van der Waals surface area contributed by atoms with Crippen molar-refractivity contribution in [3.05, 3.63) is 90.3 Å². The molecule has 0 amide bonds. The zero-order chi connectivity index (χ0) is 15.4. The van der Waals surface area contributed by atoms with Crippen LogP contribution in [-0.2, 0) is 6.42 Å². The molecule has 109 valence electrons. The molecular weight excluding hydrogens is 264 g/mol. The molecule has 0 heteroatoms. The van der Waals surface area contributed by atoms with Gasteiger partial charge in [-0.25, -0.2) is 0 Å². The minimum atomic E-state index is 1.03. The molecule has 3 aromatic rings. The molecule has 3 aromatic carbocycles. The maximum Gasteiger partial charge on any atom is -0.0146 e. The second-order valence-electron chi connectivity index (χ2n) is 5.99. The predicted molar refractivity (Wildman–Crippen MR) is 95.6 cm³/mol. The zero-order valence-corrected chi connectivity index (χ0v) is 13.2. The van der Waals surface area contributed by atoms with Crippen LogP contribution in [-0.4, -0.2) is 0 Å². The molecule has 0 N–H and O–H groups in total. The summed E-state index contributed by atoms with van der Waals surface area (Å²) >= 11 is 0. The molecule has 22 heavy (non-hydrogen) atoms. The van der Waals surface area contributed by atoms with E-state index in [-0.39, 0.29) is 0 Å². The summed E-state index contributed by atoms with van der Waals surface area (Å²) in [6, 6.07) is 28.1. The monoisotopic (exact) mass is 285 g/mol. The van der Waals surface area contributed by atoms with Gasteiger partial charge in [0, 0.05) is 0 Å². The maximum atomic E-state index is 2.32. The van der Waals surface area contributed by atoms with E-state index in [1.165, 1.54) is 33.7 Å². The van der Waals surface area contributed by atoms with Gasteiger partial charge in [0.15, 0.2) is 0 Å². The van der Waals surface area contributed by atoms with Crippen LogP contribution in [0.15, 0.2) is 78.9 Å². The van der Waals surface area contributed by atoms with Gasteiger partial charge < -0.3 is 0 Å². The van der Waals surface area contributed by atoms with Crippen LogP contribution in [0.2, 0.25) is 0 Å². The Morgan fingerprint density at radius 2 is 1.23 bits per heavy atom. The lowest BCUT2D eigenvalue weighted by atomic mass is 9.90. The Bertz CT molecular complexity index is 725. The SMILES string of the molecule is C[C](C)Cc1ccc(-c2ccccc2)cc1-c1ccccc1. The summed E-state index contributed by atoms with van der Waals surface area (Å²) in [5.74, 6) is 1.43. The zero-order valence-electron chi connectivity index (χ0n) is 13.2. The largest absolute Gasteiger partial charge is 0.0622 e. The Labute approximate surface area is 133 Å². The molecule has 0 fully saturated rings. The molecule has 3 rings (SSSR count). The van der Waals surface area contributed by atoms with Gasteiger partial charge in [0.05, 0.1) is 0 Å². The highest BCUT2D eigenvalue weighted by Gasteiger charge is 2.09. The van der Waals surface area contributed by atoms with Crippen LogP contribution in [0.1, 0.15) is 19.4 Å². The molecule has 1 radical (unpaired) electrons. The van der Waals surface area contributed by atoms with Crippen molar-refractivity contribution in [1.82, 2.24) is 0 Å². The molecular formula is C22H21. The summed E-state index contributed by atoms with van der Waals surface area (Å²) in [5, 5.41) is 0. The lowest BCUT2D eigenvalue weighted by Gasteiger charge is -2.14. The van der Waals surface area contributed by atoms with Gasteiger partial charge in [-0.2, -0.15) is 0 Å². The molecule has 0 nitrogen and oxygen atoms in total. The maximum absolute atomic E-state index is 2.32. The lowest BCUT2D eigenvalue weighted by Crippen LogP contribution is -1.96. The fraction of sp³-hybridized carbons (Fsp3) is 0.136. The van der Waals surface area contributed by atoms with E-state index in [2.05, 4.69) is 92.7 Å². The summed E-state index contributed by atoms with van der Waals surface area (Å²) in [6.07, 6.45) is 1.03. The van der Waals surface area contributed by atoms with Crippen LogP contribution in [0.25, 0.3) is 22.3 Å². The topological polar surface area (TPSA) is 0 Å². The van der Waals surface area contributed by atoms with Crippen molar-refractivity contribution in [3.8, 4) is 22.3 Å². The van der Waals surface area contributed by atoms with Crippen molar-refractivity contribution in [2.45, 2.75) is 20.3 Å². The second kappa shape index (κ2) is 6.62. The highest BCUT2D eigenvalue weighted by Crippen LogP contribution is 2.31. The summed E-state index contributed by atoms with van der Waals surface area (Å²) in [4.78, 5) is 0. The van der Waals surface area contributed by atoms with E-state index in [4.69, 9.17) is 0 Å². The normalized spacial score (nSPS) is 10.9. The van der Waals surface area contributed by atoms with Crippen LogP contribution in [0.4, 0.5) is 0 Å². The van der Waals surface area contributed by atoms with Crippen molar-refractivity contribution in [3.63, 3.8) is 0 Å². The first-order chi connectivity index (χ1) is 10.7. The van der Waals surface area contributed by atoms with E-state index in [0.29, 0.717) is 0 Å². The highest BCUT2D eigenvalue weighted by molar-refractivity contribution is 5.75. The first-order valence-corrected chi connectivity index (χ1v) is 7.77. The Hall–Kier alpha value is -2.34. The van der Waals surface area contributed by atoms with Gasteiger partial charge in [0.2, 0.25) is 0 Å². The highest BCUT2D eigenvalue weighted by atomic mass is 14.1. The van der Waals surface area contributed by atoms with E-state index in [1.54, 1.807) is 0 Å². The van der Waals surface area contributed by atoms with Crippen LogP contribution < -0.4 is 0 Å². The standard InChI is InChI=1S/C22H21/c1-17(2)15-21-14-13-20(18-9-5-3-6-10-18)16-22(21)19-11-7-4-8-12-19/h3-14,16H,15H2,1-2H3. The molecule has 0 bridgehead atoms. The van der Waals surface area contributed by atoms with E-state index in [1.807, 2.05) is 0 Å². The molecule has 0 aromatic heterocycles. The summed E-state index contributed by atoms with van der Waals surface area (Å²) in [7, 11) is 0. The average Bonchev–Trinajstić information content (AvgIpc) is 2.56. The Morgan fingerprint density at radius 3 is 1.82 bits per heavy atom. The summed E-state index contributed by atoms with van der Waals surface area (Å²) in [6.45, 7) is 4.39. The molecule has 0 saturated heterocycles. The third-order valence-corrected chi connectivity index (χ3v) is 3.85. The van der Waals surface area contributed by atoms with Gasteiger partial charge in [0.25, 0.3) is 0 Å². The number of rotatable bonds is 4. The van der Waals surface area contributed by atoms with Gasteiger partial charge in [-0.15, -0.1) is 0 Å². The van der Waals surface area contributed by atoms with Gasteiger partial charge in [-0.3, -0.25) is 0 Å². The molecule has 0 unspecified atom stereocenters. The summed E-state index contributed by atoms with van der Waals surface area (Å²) in [5.41, 5.74) is 6.56. The van der Waals surface area contributed by atoms with Crippen LogP contribution in [0.3, 0.4) is 0 Å². The van der Waals surface area contributed by atoms with Gasteiger partial charge in [0.1, 0.15) is 0 Å². The van der Waals surface area contributed by atoms with E-state index in [0.717, 1.165) is 6.42 Å². The first-order valence-electron chi connectivity index (χ1n) is 7.77. The van der Waals surface area contributed by atoms with Gasteiger partial charge >= 0.3 is 0 Å². The lowest BCUT2D eigenvalue weighted by molar-refractivity contribution is 0.959. The van der Waals surface area contributed by atoms with Crippen molar-refractivity contribution >= 4 is 0 Å². The summed E-state index contributed by atoms with van der Waals surface area (Å²) < 4.78 is 0. The van der Waals surface area contributed by atoms with Crippen molar-refractivity contribution in [1.29, 1.82) is 0 Å². The predicted octanol–water partition coefficient (Wildman–Crippen LogP) is 6.18. The number of hydrogen-bond donors (Lipinski definition) is 0.